The van der Waals surface area contributed by atoms with E-state index in [2.05, 4.69) is 15.3 Å². The largest absolute Gasteiger partial charge is 0.420 e. The average Bonchev–Trinajstić information content (AvgIpc) is 3.47. The zero-order valence-corrected chi connectivity index (χ0v) is 16.6. The molecule has 0 saturated carbocycles. The van der Waals surface area contributed by atoms with E-state index >= 15 is 0 Å². The second kappa shape index (κ2) is 7.16. The molecule has 0 N–H and O–H groups in total. The molecule has 0 spiro atoms. The van der Waals surface area contributed by atoms with E-state index in [4.69, 9.17) is 9.40 Å². The monoisotopic (exact) mass is 410 g/mol. The van der Waals surface area contributed by atoms with Gasteiger partial charge in [0.2, 0.25) is 5.89 Å². The van der Waals surface area contributed by atoms with Gasteiger partial charge >= 0.3 is 0 Å². The Bertz CT molecular complexity index is 1220. The molecular formula is C21H20F2N6O. The summed E-state index contributed by atoms with van der Waals surface area (Å²) in [6, 6.07) is 5.13. The molecule has 7 nitrogen and oxygen atoms in total. The van der Waals surface area contributed by atoms with E-state index in [1.54, 1.807) is 16.9 Å². The topological polar surface area (TPSA) is 72.3 Å². The first-order valence-electron chi connectivity index (χ1n) is 9.91. The Morgan fingerprint density at radius 2 is 2.03 bits per heavy atom. The van der Waals surface area contributed by atoms with Gasteiger partial charge < -0.3 is 9.32 Å². The fourth-order valence-corrected chi connectivity index (χ4v) is 3.88. The van der Waals surface area contributed by atoms with Crippen LogP contribution in [-0.4, -0.2) is 31.3 Å². The van der Waals surface area contributed by atoms with Crippen LogP contribution in [0, 0.1) is 11.6 Å². The van der Waals surface area contributed by atoms with E-state index in [0.29, 0.717) is 40.9 Å². The minimum Gasteiger partial charge on any atom is -0.420 e. The summed E-state index contributed by atoms with van der Waals surface area (Å²) >= 11 is 0. The van der Waals surface area contributed by atoms with E-state index in [-0.39, 0.29) is 12.0 Å². The van der Waals surface area contributed by atoms with Crippen LogP contribution in [0.1, 0.15) is 50.1 Å². The highest BCUT2D eigenvalue weighted by Crippen LogP contribution is 2.37. The number of rotatable bonds is 4. The Kier molecular flexibility index (Phi) is 4.45. The molecule has 1 saturated heterocycles. The van der Waals surface area contributed by atoms with Crippen LogP contribution in [0.5, 0.6) is 0 Å². The van der Waals surface area contributed by atoms with Gasteiger partial charge in [0.05, 0.1) is 12.2 Å². The third kappa shape index (κ3) is 3.10. The van der Waals surface area contributed by atoms with Crippen LogP contribution in [0.2, 0.25) is 0 Å². The number of hydrogen-bond acceptors (Lipinski definition) is 6. The smallest absolute Gasteiger partial charge is 0.253 e. The molecule has 9 heteroatoms. The fraction of sp³-hybridized carbons (Fsp3) is 0.333. The number of fused-ring (bicyclic) bond motifs is 1. The van der Waals surface area contributed by atoms with Crippen molar-refractivity contribution in [2.24, 2.45) is 0 Å². The highest BCUT2D eigenvalue weighted by atomic mass is 19.1. The van der Waals surface area contributed by atoms with Crippen molar-refractivity contribution < 1.29 is 13.2 Å². The number of hydrogen-bond donors (Lipinski definition) is 0. The van der Waals surface area contributed by atoms with Crippen molar-refractivity contribution in [3.05, 3.63) is 59.7 Å². The van der Waals surface area contributed by atoms with Crippen LogP contribution in [0.25, 0.3) is 17.1 Å². The molecule has 5 rings (SSSR count). The van der Waals surface area contributed by atoms with Gasteiger partial charge in [0, 0.05) is 24.2 Å². The van der Waals surface area contributed by atoms with Crippen molar-refractivity contribution in [1.82, 2.24) is 24.8 Å². The number of benzene rings is 1. The summed E-state index contributed by atoms with van der Waals surface area (Å²) < 4.78 is 35.6. The van der Waals surface area contributed by atoms with Crippen molar-refractivity contribution in [2.45, 2.75) is 38.6 Å². The van der Waals surface area contributed by atoms with Crippen molar-refractivity contribution >= 4 is 11.5 Å². The van der Waals surface area contributed by atoms with Crippen molar-refractivity contribution in [2.75, 3.05) is 11.4 Å². The predicted molar refractivity (Wildman–Crippen MR) is 106 cm³/mol. The molecule has 154 valence electrons. The van der Waals surface area contributed by atoms with Crippen LogP contribution >= 0.6 is 0 Å². The second-order valence-electron chi connectivity index (χ2n) is 7.73. The van der Waals surface area contributed by atoms with Gasteiger partial charge in [0.15, 0.2) is 5.65 Å². The molecule has 1 atom stereocenters. The Morgan fingerprint density at radius 3 is 2.83 bits per heavy atom. The summed E-state index contributed by atoms with van der Waals surface area (Å²) in [5, 5.41) is 12.5. The maximum absolute atomic E-state index is 14.4. The van der Waals surface area contributed by atoms with Crippen molar-refractivity contribution in [3.8, 4) is 11.5 Å². The van der Waals surface area contributed by atoms with Crippen molar-refractivity contribution in [1.29, 1.82) is 0 Å². The average molecular weight is 410 g/mol. The zero-order valence-electron chi connectivity index (χ0n) is 16.6. The first-order valence-corrected chi connectivity index (χ1v) is 9.91. The zero-order chi connectivity index (χ0) is 20.8. The number of halogens is 2. The summed E-state index contributed by atoms with van der Waals surface area (Å²) in [7, 11) is 0. The molecule has 1 aromatic carbocycles. The number of anilines is 1. The fourth-order valence-electron chi connectivity index (χ4n) is 3.88. The molecule has 1 aliphatic rings. The molecule has 1 aliphatic heterocycles. The Balaban J connectivity index is 1.55. The minimum atomic E-state index is -0.447. The highest BCUT2D eigenvalue weighted by molar-refractivity contribution is 5.72. The van der Waals surface area contributed by atoms with Crippen LogP contribution in [0.15, 0.2) is 41.1 Å². The SMILES string of the molecule is CC(C)c1nnc(-c2cnn3ccc(N4CCCC4c4cc(F)ccc4F)nc23)o1. The molecule has 4 heterocycles. The maximum Gasteiger partial charge on any atom is 0.253 e. The summed E-state index contributed by atoms with van der Waals surface area (Å²) in [6.07, 6.45) is 5.01. The second-order valence-corrected chi connectivity index (χ2v) is 7.73. The van der Waals surface area contributed by atoms with E-state index in [1.807, 2.05) is 24.8 Å². The minimum absolute atomic E-state index is 0.114. The molecule has 0 bridgehead atoms. The molecule has 0 radical (unpaired) electrons. The van der Waals surface area contributed by atoms with Gasteiger partial charge in [-0.2, -0.15) is 5.10 Å². The molecule has 1 unspecified atom stereocenters. The Labute approximate surface area is 171 Å². The first kappa shape index (κ1) is 18.7. The first-order chi connectivity index (χ1) is 14.5. The van der Waals surface area contributed by atoms with E-state index in [1.165, 1.54) is 12.1 Å². The van der Waals surface area contributed by atoms with Gasteiger partial charge in [-0.15, -0.1) is 10.2 Å². The van der Waals surface area contributed by atoms with Crippen LogP contribution < -0.4 is 4.90 Å². The van der Waals surface area contributed by atoms with Gasteiger partial charge in [0.1, 0.15) is 23.0 Å². The lowest BCUT2D eigenvalue weighted by Gasteiger charge is -2.26. The summed E-state index contributed by atoms with van der Waals surface area (Å²) in [5.74, 6) is 0.819. The van der Waals surface area contributed by atoms with Gasteiger partial charge in [-0.1, -0.05) is 13.8 Å². The number of nitrogens with zero attached hydrogens (tertiary/aromatic N) is 6. The standard InChI is InChI=1S/C21H20F2N6O/c1-12(2)20-26-27-21(30-20)15-11-24-29-9-7-18(25-19(15)29)28-8-3-4-17(28)14-10-13(22)5-6-16(14)23/h5-7,9-12,17H,3-4,8H2,1-2H3. The molecule has 3 aromatic heterocycles. The van der Waals surface area contributed by atoms with E-state index in [0.717, 1.165) is 18.9 Å². The summed E-state index contributed by atoms with van der Waals surface area (Å²) in [5.41, 5.74) is 1.54. The highest BCUT2D eigenvalue weighted by Gasteiger charge is 2.30. The molecular weight excluding hydrogens is 390 g/mol. The van der Waals surface area contributed by atoms with Gasteiger partial charge in [-0.25, -0.2) is 18.3 Å². The lowest BCUT2D eigenvalue weighted by Crippen LogP contribution is -2.24. The lowest BCUT2D eigenvalue weighted by atomic mass is 10.0. The Morgan fingerprint density at radius 1 is 1.17 bits per heavy atom. The Hall–Kier alpha value is -3.36. The van der Waals surface area contributed by atoms with Crippen LogP contribution in [0.4, 0.5) is 14.6 Å². The predicted octanol–water partition coefficient (Wildman–Crippen LogP) is 4.52. The van der Waals surface area contributed by atoms with Crippen LogP contribution in [-0.2, 0) is 0 Å². The molecule has 0 aliphatic carbocycles. The molecule has 4 aromatic rings. The van der Waals surface area contributed by atoms with Gasteiger partial charge in [-0.3, -0.25) is 0 Å². The quantitative estimate of drug-likeness (QED) is 0.493. The normalized spacial score (nSPS) is 16.8. The maximum atomic E-state index is 14.4. The van der Waals surface area contributed by atoms with Gasteiger partial charge in [-0.05, 0) is 37.1 Å². The molecule has 0 amide bonds. The number of aromatic nitrogens is 5. The van der Waals surface area contributed by atoms with Gasteiger partial charge in [0.25, 0.3) is 5.89 Å². The third-order valence-electron chi connectivity index (χ3n) is 5.38. The van der Waals surface area contributed by atoms with E-state index in [9.17, 15) is 8.78 Å². The third-order valence-corrected chi connectivity index (χ3v) is 5.38. The summed E-state index contributed by atoms with van der Waals surface area (Å²) in [6.45, 7) is 4.65. The summed E-state index contributed by atoms with van der Waals surface area (Å²) in [4.78, 5) is 6.76. The molecule has 30 heavy (non-hydrogen) atoms. The lowest BCUT2D eigenvalue weighted by molar-refractivity contribution is 0.481. The van der Waals surface area contributed by atoms with Crippen LogP contribution in [0.3, 0.4) is 0 Å². The molecule has 1 fully saturated rings. The van der Waals surface area contributed by atoms with E-state index < -0.39 is 11.6 Å². The van der Waals surface area contributed by atoms with Crippen molar-refractivity contribution in [3.63, 3.8) is 0 Å².